The monoisotopic (exact) mass is 452 g/mol. The highest BCUT2D eigenvalue weighted by atomic mass is 35.5. The lowest BCUT2D eigenvalue weighted by molar-refractivity contribution is 0.0964. The van der Waals surface area contributed by atoms with Crippen molar-refractivity contribution in [2.75, 3.05) is 19.6 Å². The summed E-state index contributed by atoms with van der Waals surface area (Å²) in [5, 5.41) is 4.66. The summed E-state index contributed by atoms with van der Waals surface area (Å²) in [6, 6.07) is 16.7. The van der Waals surface area contributed by atoms with Gasteiger partial charge in [0.15, 0.2) is 5.78 Å². The van der Waals surface area contributed by atoms with Gasteiger partial charge in [-0.25, -0.2) is 4.79 Å². The molecule has 3 aromatic rings. The van der Waals surface area contributed by atoms with Crippen molar-refractivity contribution in [3.05, 3.63) is 77.1 Å². The number of benzene rings is 2. The summed E-state index contributed by atoms with van der Waals surface area (Å²) in [5.41, 5.74) is 1.42. The summed E-state index contributed by atoms with van der Waals surface area (Å²) in [5.74, 6) is 1.20. The van der Waals surface area contributed by atoms with Gasteiger partial charge in [-0.2, -0.15) is 9.78 Å². The van der Waals surface area contributed by atoms with Gasteiger partial charge in [-0.3, -0.25) is 9.69 Å². The summed E-state index contributed by atoms with van der Waals surface area (Å²) in [4.78, 5) is 28.4. The van der Waals surface area contributed by atoms with E-state index in [-0.39, 0.29) is 17.9 Å². The van der Waals surface area contributed by atoms with E-state index in [9.17, 15) is 9.59 Å². The number of piperazine rings is 1. The van der Waals surface area contributed by atoms with E-state index >= 15 is 0 Å². The van der Waals surface area contributed by atoms with Crippen molar-refractivity contribution < 1.29 is 14.3 Å². The van der Waals surface area contributed by atoms with Crippen LogP contribution in [0.5, 0.6) is 11.5 Å². The summed E-state index contributed by atoms with van der Waals surface area (Å²) < 4.78 is 7.19. The van der Waals surface area contributed by atoms with Gasteiger partial charge in [0.1, 0.15) is 17.2 Å². The van der Waals surface area contributed by atoms with Crippen LogP contribution in [-0.4, -0.2) is 57.1 Å². The normalized spacial score (nSPS) is 16.7. The minimum Gasteiger partial charge on any atom is -0.456 e. The number of halogens is 1. The molecule has 4 rings (SSSR count). The topological polar surface area (TPSA) is 67.7 Å². The fourth-order valence-electron chi connectivity index (χ4n) is 3.83. The Morgan fingerprint density at radius 1 is 1.12 bits per heavy atom. The second kappa shape index (κ2) is 9.54. The van der Waals surface area contributed by atoms with Crippen molar-refractivity contribution in [1.29, 1.82) is 0 Å². The summed E-state index contributed by atoms with van der Waals surface area (Å²) in [6.45, 7) is 6.28. The molecule has 2 aromatic carbocycles. The van der Waals surface area contributed by atoms with Crippen molar-refractivity contribution in [3.8, 4) is 11.5 Å². The number of carbonyl (C=O) groups is 2. The number of nitrogens with zero attached hydrogens (tertiary/aromatic N) is 4. The predicted octanol–water partition coefficient (Wildman–Crippen LogP) is 4.71. The number of hydrogen-bond acceptors (Lipinski definition) is 5. The van der Waals surface area contributed by atoms with Crippen LogP contribution in [0.3, 0.4) is 0 Å². The van der Waals surface area contributed by atoms with Crippen molar-refractivity contribution in [3.63, 3.8) is 0 Å². The molecule has 1 amide bonds. The first-order valence-electron chi connectivity index (χ1n) is 10.5. The second-order valence-electron chi connectivity index (χ2n) is 7.94. The van der Waals surface area contributed by atoms with E-state index in [1.165, 1.54) is 11.6 Å². The first-order chi connectivity index (χ1) is 15.4. The number of para-hydroxylation sites is 1. The first kappa shape index (κ1) is 22.0. The van der Waals surface area contributed by atoms with Gasteiger partial charge >= 0.3 is 6.03 Å². The average Bonchev–Trinajstić information content (AvgIpc) is 3.26. The van der Waals surface area contributed by atoms with E-state index in [2.05, 4.69) is 16.1 Å². The van der Waals surface area contributed by atoms with E-state index in [1.807, 2.05) is 43.3 Å². The predicted molar refractivity (Wildman–Crippen MR) is 122 cm³/mol. The van der Waals surface area contributed by atoms with Crippen LogP contribution in [-0.2, 0) is 6.54 Å². The van der Waals surface area contributed by atoms with Gasteiger partial charge in [0, 0.05) is 45.3 Å². The third-order valence-electron chi connectivity index (χ3n) is 5.47. The average molecular weight is 453 g/mol. The van der Waals surface area contributed by atoms with E-state index < -0.39 is 0 Å². The summed E-state index contributed by atoms with van der Waals surface area (Å²) in [7, 11) is 0. The smallest absolute Gasteiger partial charge is 0.344 e. The van der Waals surface area contributed by atoms with Crippen LogP contribution in [0, 0.1) is 0 Å². The molecule has 0 bridgehead atoms. The highest BCUT2D eigenvalue weighted by molar-refractivity contribution is 6.32. The fourth-order valence-corrected chi connectivity index (χ4v) is 4.00. The Morgan fingerprint density at radius 3 is 2.66 bits per heavy atom. The quantitative estimate of drug-likeness (QED) is 0.524. The molecule has 0 N–H and O–H groups in total. The number of Topliss-reactive ketones (excluding diaryl/α,β-unsaturated/α-hetero) is 1. The molecule has 1 aliphatic rings. The summed E-state index contributed by atoms with van der Waals surface area (Å²) >= 11 is 6.20. The maximum atomic E-state index is 12.8. The number of amides is 1. The molecule has 166 valence electrons. The van der Waals surface area contributed by atoms with Crippen molar-refractivity contribution in [2.45, 2.75) is 26.4 Å². The van der Waals surface area contributed by atoms with Gasteiger partial charge in [0.25, 0.3) is 0 Å². The van der Waals surface area contributed by atoms with Crippen molar-refractivity contribution >= 4 is 23.4 Å². The first-order valence-corrected chi connectivity index (χ1v) is 10.9. The van der Waals surface area contributed by atoms with Crippen LogP contribution in [0.15, 0.2) is 60.8 Å². The van der Waals surface area contributed by atoms with E-state index in [0.29, 0.717) is 23.0 Å². The van der Waals surface area contributed by atoms with Crippen LogP contribution in [0.1, 0.15) is 29.9 Å². The molecule has 0 spiro atoms. The highest BCUT2D eigenvalue weighted by Gasteiger charge is 2.29. The molecule has 8 heteroatoms. The Bertz CT molecular complexity index is 1130. The zero-order valence-corrected chi connectivity index (χ0v) is 18.8. The zero-order chi connectivity index (χ0) is 22.7. The van der Waals surface area contributed by atoms with E-state index in [4.69, 9.17) is 16.3 Å². The van der Waals surface area contributed by atoms with Gasteiger partial charge in [-0.05, 0) is 42.8 Å². The van der Waals surface area contributed by atoms with Gasteiger partial charge in [-0.15, -0.1) is 0 Å². The zero-order valence-electron chi connectivity index (χ0n) is 18.1. The largest absolute Gasteiger partial charge is 0.456 e. The minimum absolute atomic E-state index is 0.0174. The third-order valence-corrected chi connectivity index (χ3v) is 5.78. The number of rotatable bonds is 5. The van der Waals surface area contributed by atoms with Crippen LogP contribution in [0.4, 0.5) is 4.79 Å². The van der Waals surface area contributed by atoms with Gasteiger partial charge in [-0.1, -0.05) is 35.9 Å². The van der Waals surface area contributed by atoms with Gasteiger partial charge < -0.3 is 9.64 Å². The molecule has 0 unspecified atom stereocenters. The highest BCUT2D eigenvalue weighted by Crippen LogP contribution is 2.29. The van der Waals surface area contributed by atoms with Crippen molar-refractivity contribution in [1.82, 2.24) is 19.6 Å². The number of hydrogen-bond donors (Lipinski definition) is 0. The number of ketones is 1. The standard InChI is InChI=1S/C24H25ClN4O3/c1-17-15-27(12-13-28(17)24(31)29-11-10-22(26-29)18(2)30)16-19-6-5-7-20(14-19)32-23-9-4-3-8-21(23)25/h3-11,14,17H,12-13,15-16H2,1-2H3/t17-/m1/s1. The molecule has 1 aromatic heterocycles. The molecule has 32 heavy (non-hydrogen) atoms. The molecule has 0 saturated carbocycles. The molecule has 2 heterocycles. The number of ether oxygens (including phenoxy) is 1. The molecule has 1 saturated heterocycles. The molecular formula is C24H25ClN4O3. The van der Waals surface area contributed by atoms with Crippen LogP contribution < -0.4 is 4.74 Å². The molecule has 7 nitrogen and oxygen atoms in total. The SMILES string of the molecule is CC(=O)c1ccn(C(=O)N2CCN(Cc3cccc(Oc4ccccc4Cl)c3)C[C@H]2C)n1. The van der Waals surface area contributed by atoms with E-state index in [1.54, 1.807) is 23.2 Å². The van der Waals surface area contributed by atoms with Crippen LogP contribution >= 0.6 is 11.6 Å². The van der Waals surface area contributed by atoms with E-state index in [0.717, 1.165) is 30.9 Å². The lowest BCUT2D eigenvalue weighted by Crippen LogP contribution is -2.54. The fraction of sp³-hybridized carbons (Fsp3) is 0.292. The Kier molecular flexibility index (Phi) is 6.58. The lowest BCUT2D eigenvalue weighted by Gasteiger charge is -2.39. The Labute approximate surface area is 192 Å². The third kappa shape index (κ3) is 5.00. The van der Waals surface area contributed by atoms with Crippen LogP contribution in [0.25, 0.3) is 0 Å². The molecule has 0 radical (unpaired) electrons. The van der Waals surface area contributed by atoms with Crippen LogP contribution in [0.2, 0.25) is 5.02 Å². The van der Waals surface area contributed by atoms with Gasteiger partial charge in [0.2, 0.25) is 0 Å². The second-order valence-corrected chi connectivity index (χ2v) is 8.35. The minimum atomic E-state index is -0.209. The molecule has 1 aliphatic heterocycles. The molecule has 1 fully saturated rings. The Morgan fingerprint density at radius 2 is 1.94 bits per heavy atom. The maximum absolute atomic E-state index is 12.8. The Hall–Kier alpha value is -3.16. The maximum Gasteiger partial charge on any atom is 0.344 e. The number of carbonyl (C=O) groups excluding carboxylic acids is 2. The Balaban J connectivity index is 1.37. The molecule has 0 aliphatic carbocycles. The molecule has 1 atom stereocenters. The molecular weight excluding hydrogens is 428 g/mol. The lowest BCUT2D eigenvalue weighted by atomic mass is 10.1. The summed E-state index contributed by atoms with van der Waals surface area (Å²) in [6.07, 6.45) is 1.54. The van der Waals surface area contributed by atoms with Gasteiger partial charge in [0.05, 0.1) is 5.02 Å². The number of aromatic nitrogens is 2. The van der Waals surface area contributed by atoms with Crippen molar-refractivity contribution in [2.24, 2.45) is 0 Å².